The van der Waals surface area contributed by atoms with Crippen LogP contribution in [0.4, 0.5) is 30.7 Å². The molecule has 0 aliphatic carbocycles. The summed E-state index contributed by atoms with van der Waals surface area (Å²) in [5, 5.41) is -0.441. The molecular weight excluding hydrogens is 349 g/mol. The largest absolute Gasteiger partial charge is 0.422 e. The zero-order valence-electron chi connectivity index (χ0n) is 11.6. The summed E-state index contributed by atoms with van der Waals surface area (Å²) in [5.74, 6) is -0.273. The van der Waals surface area contributed by atoms with E-state index in [0.29, 0.717) is 17.3 Å². The van der Waals surface area contributed by atoms with E-state index >= 15 is 0 Å². The first-order valence-electron chi connectivity index (χ1n) is 6.49. The van der Waals surface area contributed by atoms with Crippen LogP contribution in [0.1, 0.15) is 16.8 Å². The topological polar surface area (TPSA) is 17.1 Å². The predicted octanol–water partition coefficient (Wildman–Crippen LogP) is 4.86. The second-order valence-corrected chi connectivity index (χ2v) is 5.71. The van der Waals surface area contributed by atoms with Gasteiger partial charge in [0.15, 0.2) is 12.3 Å². The summed E-state index contributed by atoms with van der Waals surface area (Å²) >= 11 is 0.617. The zero-order chi connectivity index (χ0) is 17.6. The van der Waals surface area contributed by atoms with E-state index in [-0.39, 0.29) is 5.75 Å². The van der Waals surface area contributed by atoms with Crippen molar-refractivity contribution in [3.63, 3.8) is 0 Å². The maximum atomic E-state index is 13.4. The molecule has 0 fully saturated rings. The molecule has 0 bridgehead atoms. The molecule has 1 rings (SSSR count). The van der Waals surface area contributed by atoms with E-state index in [9.17, 15) is 35.5 Å². The third kappa shape index (κ3) is 6.04. The first kappa shape index (κ1) is 19.8. The van der Waals surface area contributed by atoms with E-state index in [4.69, 9.17) is 0 Å². The fourth-order valence-corrected chi connectivity index (χ4v) is 2.45. The van der Waals surface area contributed by atoms with Gasteiger partial charge in [0.05, 0.1) is 0 Å². The van der Waals surface area contributed by atoms with Crippen molar-refractivity contribution in [1.82, 2.24) is 0 Å². The summed E-state index contributed by atoms with van der Waals surface area (Å²) in [5.41, 5.74) is 0.314. The summed E-state index contributed by atoms with van der Waals surface area (Å²) in [6.07, 6.45) is -19.9. The van der Waals surface area contributed by atoms with Gasteiger partial charge in [0, 0.05) is 11.3 Å². The standard InChI is InChI=1S/C14H13F7OS/c15-9(10(16)11(17)12(18)14(19,20)21)6-7-23-13(22)8-4-2-1-3-5-8/h1-5,9-12H,6-7H2. The maximum Gasteiger partial charge on any atom is 0.422 e. The normalized spacial score (nSPS) is 17.3. The third-order valence-corrected chi connectivity index (χ3v) is 3.82. The van der Waals surface area contributed by atoms with Crippen molar-refractivity contribution in [3.8, 4) is 0 Å². The number of carbonyl (C=O) groups excluding carboxylic acids is 1. The minimum Gasteiger partial charge on any atom is -0.282 e. The fraction of sp³-hybridized carbons (Fsp3) is 0.500. The van der Waals surface area contributed by atoms with Crippen molar-refractivity contribution >= 4 is 16.9 Å². The Bertz CT molecular complexity index is 494. The first-order valence-corrected chi connectivity index (χ1v) is 7.48. The van der Waals surface area contributed by atoms with Crippen LogP contribution >= 0.6 is 11.8 Å². The highest BCUT2D eigenvalue weighted by Crippen LogP contribution is 2.31. The molecule has 0 saturated carbocycles. The van der Waals surface area contributed by atoms with Crippen LogP contribution in [0.25, 0.3) is 0 Å². The van der Waals surface area contributed by atoms with Crippen LogP contribution in [0.15, 0.2) is 30.3 Å². The molecular formula is C14H13F7OS. The molecule has 9 heteroatoms. The van der Waals surface area contributed by atoms with Crippen molar-refractivity contribution in [2.24, 2.45) is 0 Å². The van der Waals surface area contributed by atoms with Gasteiger partial charge in [0.2, 0.25) is 11.3 Å². The van der Waals surface area contributed by atoms with Crippen LogP contribution in [-0.2, 0) is 0 Å². The number of benzene rings is 1. The van der Waals surface area contributed by atoms with Crippen LogP contribution in [0.2, 0.25) is 0 Å². The molecule has 4 unspecified atom stereocenters. The van der Waals surface area contributed by atoms with Crippen LogP contribution < -0.4 is 0 Å². The monoisotopic (exact) mass is 362 g/mol. The van der Waals surface area contributed by atoms with E-state index in [2.05, 4.69) is 0 Å². The van der Waals surface area contributed by atoms with E-state index in [1.807, 2.05) is 0 Å². The van der Waals surface area contributed by atoms with Crippen LogP contribution in [-0.4, -0.2) is 41.7 Å². The number of alkyl halides is 7. The molecule has 1 nitrogen and oxygen atoms in total. The lowest BCUT2D eigenvalue weighted by Gasteiger charge is -2.21. The molecule has 0 radical (unpaired) electrons. The van der Waals surface area contributed by atoms with E-state index < -0.39 is 42.4 Å². The van der Waals surface area contributed by atoms with E-state index in [0.717, 1.165) is 0 Å². The number of rotatable bonds is 7. The van der Waals surface area contributed by atoms with Gasteiger partial charge in [-0.25, -0.2) is 17.6 Å². The Balaban J connectivity index is 2.44. The Morgan fingerprint density at radius 2 is 1.57 bits per heavy atom. The fourth-order valence-electron chi connectivity index (χ4n) is 1.62. The van der Waals surface area contributed by atoms with Gasteiger partial charge in [-0.1, -0.05) is 42.1 Å². The molecule has 0 aliphatic rings. The predicted molar refractivity (Wildman–Crippen MR) is 73.5 cm³/mol. The average Bonchev–Trinajstić information content (AvgIpc) is 2.52. The molecule has 1 aromatic carbocycles. The average molecular weight is 362 g/mol. The summed E-state index contributed by atoms with van der Waals surface area (Å²) < 4.78 is 88.0. The van der Waals surface area contributed by atoms with Gasteiger partial charge in [0.1, 0.15) is 6.17 Å². The number of thioether (sulfide) groups is 1. The number of hydrogen-bond donors (Lipinski definition) is 0. The van der Waals surface area contributed by atoms with Gasteiger partial charge in [-0.05, 0) is 6.42 Å². The Morgan fingerprint density at radius 3 is 2.09 bits per heavy atom. The van der Waals surface area contributed by atoms with Crippen molar-refractivity contribution in [2.75, 3.05) is 5.75 Å². The molecule has 0 N–H and O–H groups in total. The first-order chi connectivity index (χ1) is 10.6. The highest BCUT2D eigenvalue weighted by molar-refractivity contribution is 8.14. The lowest BCUT2D eigenvalue weighted by atomic mass is 10.1. The minimum atomic E-state index is -5.60. The lowest BCUT2D eigenvalue weighted by Crippen LogP contribution is -2.42. The van der Waals surface area contributed by atoms with Crippen LogP contribution in [0, 0.1) is 0 Å². The van der Waals surface area contributed by atoms with Gasteiger partial charge in [-0.15, -0.1) is 0 Å². The van der Waals surface area contributed by atoms with Gasteiger partial charge in [-0.3, -0.25) is 4.79 Å². The molecule has 0 aliphatic heterocycles. The molecule has 0 saturated heterocycles. The molecule has 0 amide bonds. The summed E-state index contributed by atoms with van der Waals surface area (Å²) in [6, 6.07) is 7.84. The Labute approximate surface area is 132 Å². The molecule has 4 atom stereocenters. The molecule has 0 aromatic heterocycles. The van der Waals surface area contributed by atoms with E-state index in [1.165, 1.54) is 12.1 Å². The highest BCUT2D eigenvalue weighted by Gasteiger charge is 2.50. The molecule has 130 valence electrons. The Morgan fingerprint density at radius 1 is 1.00 bits per heavy atom. The summed E-state index contributed by atoms with van der Waals surface area (Å²) in [4.78, 5) is 11.6. The van der Waals surface area contributed by atoms with E-state index in [1.54, 1.807) is 18.2 Å². The van der Waals surface area contributed by atoms with Gasteiger partial charge < -0.3 is 0 Å². The smallest absolute Gasteiger partial charge is 0.282 e. The number of halogens is 7. The molecule has 0 spiro atoms. The lowest BCUT2D eigenvalue weighted by molar-refractivity contribution is -0.204. The van der Waals surface area contributed by atoms with Crippen molar-refractivity contribution in [3.05, 3.63) is 35.9 Å². The summed E-state index contributed by atoms with van der Waals surface area (Å²) in [7, 11) is 0. The number of carbonyl (C=O) groups is 1. The SMILES string of the molecule is O=C(SCCC(F)C(F)C(F)C(F)C(F)(F)F)c1ccccc1. The van der Waals surface area contributed by atoms with Crippen molar-refractivity contribution in [1.29, 1.82) is 0 Å². The van der Waals surface area contributed by atoms with Crippen LogP contribution in [0.3, 0.4) is 0 Å². The van der Waals surface area contributed by atoms with Gasteiger partial charge >= 0.3 is 6.18 Å². The zero-order valence-corrected chi connectivity index (χ0v) is 12.4. The highest BCUT2D eigenvalue weighted by atomic mass is 32.2. The summed E-state index contributed by atoms with van der Waals surface area (Å²) in [6.45, 7) is 0. The second-order valence-electron chi connectivity index (χ2n) is 4.64. The molecule has 0 heterocycles. The van der Waals surface area contributed by atoms with Crippen molar-refractivity contribution in [2.45, 2.75) is 37.3 Å². The maximum absolute atomic E-state index is 13.4. The third-order valence-electron chi connectivity index (χ3n) is 2.88. The quantitative estimate of drug-likeness (QED) is 0.644. The molecule has 1 aromatic rings. The Hall–Kier alpha value is -1.25. The minimum absolute atomic E-state index is 0.273. The second kappa shape index (κ2) is 8.56. The Kier molecular flexibility index (Phi) is 7.37. The number of hydrogen-bond acceptors (Lipinski definition) is 2. The van der Waals surface area contributed by atoms with Crippen molar-refractivity contribution < 1.29 is 35.5 Å². The van der Waals surface area contributed by atoms with Crippen LogP contribution in [0.5, 0.6) is 0 Å². The van der Waals surface area contributed by atoms with Gasteiger partial charge in [-0.2, -0.15) is 13.2 Å². The van der Waals surface area contributed by atoms with Gasteiger partial charge in [0.25, 0.3) is 0 Å². The molecule has 23 heavy (non-hydrogen) atoms.